The molecule has 0 amide bonds. The van der Waals surface area contributed by atoms with Crippen LogP contribution in [0.15, 0.2) is 30.3 Å². The van der Waals surface area contributed by atoms with E-state index in [2.05, 4.69) is 0 Å². The maximum Gasteiger partial charge on any atom is 0.120 e. The summed E-state index contributed by atoms with van der Waals surface area (Å²) >= 11 is 12.0. The predicted octanol–water partition coefficient (Wildman–Crippen LogP) is 4.77. The molecule has 19 heavy (non-hydrogen) atoms. The molecule has 0 fully saturated rings. The zero-order chi connectivity index (χ0) is 14.0. The summed E-state index contributed by atoms with van der Waals surface area (Å²) in [4.78, 5) is 0. The standard InChI is InChI=1S/C15H15Cl2NO/c1-9-5-12(6-10(2)15(9)17)19-8-11-3-4-13(16)14(18)7-11/h3-7H,8,18H2,1-2H3. The molecule has 100 valence electrons. The molecule has 0 aliphatic heterocycles. The van der Waals surface area contributed by atoms with Gasteiger partial charge >= 0.3 is 0 Å². The van der Waals surface area contributed by atoms with E-state index in [-0.39, 0.29) is 0 Å². The lowest BCUT2D eigenvalue weighted by Gasteiger charge is -2.10. The highest BCUT2D eigenvalue weighted by molar-refractivity contribution is 6.33. The first-order valence-corrected chi connectivity index (χ1v) is 6.66. The molecule has 0 aliphatic rings. The molecule has 0 saturated heterocycles. The van der Waals surface area contributed by atoms with Crippen molar-refractivity contribution in [1.82, 2.24) is 0 Å². The van der Waals surface area contributed by atoms with Gasteiger partial charge in [-0.15, -0.1) is 0 Å². The lowest BCUT2D eigenvalue weighted by molar-refractivity contribution is 0.306. The Morgan fingerprint density at radius 3 is 2.26 bits per heavy atom. The van der Waals surface area contributed by atoms with Crippen molar-refractivity contribution in [1.29, 1.82) is 0 Å². The van der Waals surface area contributed by atoms with Crippen molar-refractivity contribution >= 4 is 28.9 Å². The summed E-state index contributed by atoms with van der Waals surface area (Å²) < 4.78 is 5.75. The molecule has 2 N–H and O–H groups in total. The number of hydrogen-bond donors (Lipinski definition) is 1. The van der Waals surface area contributed by atoms with Gasteiger partial charge in [-0.05, 0) is 54.8 Å². The first-order chi connectivity index (χ1) is 8.97. The molecule has 0 heterocycles. The van der Waals surface area contributed by atoms with Crippen molar-refractivity contribution in [3.8, 4) is 5.75 Å². The van der Waals surface area contributed by atoms with E-state index >= 15 is 0 Å². The van der Waals surface area contributed by atoms with Crippen LogP contribution in [0.1, 0.15) is 16.7 Å². The van der Waals surface area contributed by atoms with Gasteiger partial charge in [0.05, 0.1) is 10.7 Å². The van der Waals surface area contributed by atoms with Crippen molar-refractivity contribution in [3.63, 3.8) is 0 Å². The van der Waals surface area contributed by atoms with Crippen LogP contribution in [0.25, 0.3) is 0 Å². The average molecular weight is 296 g/mol. The molecule has 0 spiro atoms. The third-order valence-electron chi connectivity index (χ3n) is 2.88. The third-order valence-corrected chi connectivity index (χ3v) is 3.82. The lowest BCUT2D eigenvalue weighted by Crippen LogP contribution is -1.98. The highest BCUT2D eigenvalue weighted by Crippen LogP contribution is 2.27. The summed E-state index contributed by atoms with van der Waals surface area (Å²) in [7, 11) is 0. The van der Waals surface area contributed by atoms with E-state index in [1.165, 1.54) is 0 Å². The van der Waals surface area contributed by atoms with Gasteiger partial charge in [-0.2, -0.15) is 0 Å². The summed E-state index contributed by atoms with van der Waals surface area (Å²) in [5.74, 6) is 0.799. The van der Waals surface area contributed by atoms with Crippen LogP contribution < -0.4 is 10.5 Å². The molecule has 0 saturated carbocycles. The van der Waals surface area contributed by atoms with E-state index in [1.54, 1.807) is 6.07 Å². The zero-order valence-electron chi connectivity index (χ0n) is 10.8. The van der Waals surface area contributed by atoms with Crippen LogP contribution in [0.2, 0.25) is 10.0 Å². The number of nitrogen functional groups attached to an aromatic ring is 1. The van der Waals surface area contributed by atoms with Gasteiger partial charge in [0, 0.05) is 5.02 Å². The maximum absolute atomic E-state index is 6.12. The van der Waals surface area contributed by atoms with Crippen LogP contribution in [-0.2, 0) is 6.61 Å². The van der Waals surface area contributed by atoms with Gasteiger partial charge in [0.25, 0.3) is 0 Å². The smallest absolute Gasteiger partial charge is 0.120 e. The number of rotatable bonds is 3. The summed E-state index contributed by atoms with van der Waals surface area (Å²) in [6, 6.07) is 9.34. The van der Waals surface area contributed by atoms with Gasteiger partial charge in [0.1, 0.15) is 12.4 Å². The molecule has 0 radical (unpaired) electrons. The van der Waals surface area contributed by atoms with Gasteiger partial charge in [-0.25, -0.2) is 0 Å². The second-order valence-electron chi connectivity index (χ2n) is 4.52. The number of anilines is 1. The maximum atomic E-state index is 6.12. The van der Waals surface area contributed by atoms with Gasteiger partial charge < -0.3 is 10.5 Å². The minimum atomic E-state index is 0.446. The van der Waals surface area contributed by atoms with Crippen LogP contribution in [0, 0.1) is 13.8 Å². The van der Waals surface area contributed by atoms with Gasteiger partial charge in [0.2, 0.25) is 0 Å². The molecule has 2 nitrogen and oxygen atoms in total. The van der Waals surface area contributed by atoms with Crippen LogP contribution in [0.5, 0.6) is 5.75 Å². The van der Waals surface area contributed by atoms with Crippen LogP contribution in [0.4, 0.5) is 5.69 Å². The Bertz CT molecular complexity index is 588. The van der Waals surface area contributed by atoms with Gasteiger partial charge in [-0.3, -0.25) is 0 Å². The molecular weight excluding hydrogens is 281 g/mol. The fourth-order valence-corrected chi connectivity index (χ4v) is 2.07. The van der Waals surface area contributed by atoms with Crippen LogP contribution in [-0.4, -0.2) is 0 Å². The minimum absolute atomic E-state index is 0.446. The molecule has 4 heteroatoms. The zero-order valence-corrected chi connectivity index (χ0v) is 12.3. The molecule has 0 aliphatic carbocycles. The van der Waals surface area contributed by atoms with Crippen LogP contribution in [0.3, 0.4) is 0 Å². The fraction of sp³-hybridized carbons (Fsp3) is 0.200. The monoisotopic (exact) mass is 295 g/mol. The Morgan fingerprint density at radius 1 is 1.05 bits per heavy atom. The molecule has 2 rings (SSSR count). The Labute approximate surface area is 123 Å². The minimum Gasteiger partial charge on any atom is -0.489 e. The molecule has 2 aromatic rings. The second-order valence-corrected chi connectivity index (χ2v) is 5.30. The molecule has 0 aromatic heterocycles. The van der Waals surface area contributed by atoms with Gasteiger partial charge in [-0.1, -0.05) is 29.3 Å². The average Bonchev–Trinajstić information content (AvgIpc) is 2.37. The number of hydrogen-bond acceptors (Lipinski definition) is 2. The van der Waals surface area contributed by atoms with Gasteiger partial charge in [0.15, 0.2) is 0 Å². The van der Waals surface area contributed by atoms with E-state index in [0.717, 1.165) is 27.5 Å². The van der Waals surface area contributed by atoms with E-state index in [0.29, 0.717) is 17.3 Å². The Kier molecular flexibility index (Phi) is 4.23. The van der Waals surface area contributed by atoms with Crippen molar-refractivity contribution < 1.29 is 4.74 Å². The summed E-state index contributed by atoms with van der Waals surface area (Å²) in [6.07, 6.45) is 0. The highest BCUT2D eigenvalue weighted by Gasteiger charge is 2.04. The van der Waals surface area contributed by atoms with Crippen LogP contribution >= 0.6 is 23.2 Å². The fourth-order valence-electron chi connectivity index (χ4n) is 1.84. The normalized spacial score (nSPS) is 10.5. The van der Waals surface area contributed by atoms with Crippen molar-refractivity contribution in [2.45, 2.75) is 20.5 Å². The summed E-state index contributed by atoms with van der Waals surface area (Å²) in [5, 5.41) is 1.34. The first kappa shape index (κ1) is 14.0. The number of nitrogens with two attached hydrogens (primary N) is 1. The quantitative estimate of drug-likeness (QED) is 0.828. The SMILES string of the molecule is Cc1cc(OCc2ccc(Cl)c(N)c2)cc(C)c1Cl. The first-order valence-electron chi connectivity index (χ1n) is 5.91. The summed E-state index contributed by atoms with van der Waals surface area (Å²) in [5.41, 5.74) is 9.31. The van der Waals surface area contributed by atoms with E-state index < -0.39 is 0 Å². The second kappa shape index (κ2) is 5.72. The predicted molar refractivity (Wildman–Crippen MR) is 81.1 cm³/mol. The molecule has 0 bridgehead atoms. The molecule has 0 unspecified atom stereocenters. The number of aryl methyl sites for hydroxylation is 2. The van der Waals surface area contributed by atoms with Crippen molar-refractivity contribution in [3.05, 3.63) is 57.1 Å². The number of benzene rings is 2. The molecular formula is C15H15Cl2NO. The Balaban J connectivity index is 2.12. The van der Waals surface area contributed by atoms with Crippen molar-refractivity contribution in [2.75, 3.05) is 5.73 Å². The molecule has 0 atom stereocenters. The van der Waals surface area contributed by atoms with E-state index in [4.69, 9.17) is 33.7 Å². The lowest BCUT2D eigenvalue weighted by atomic mass is 10.1. The van der Waals surface area contributed by atoms with E-state index in [9.17, 15) is 0 Å². The number of ether oxygens (including phenoxy) is 1. The van der Waals surface area contributed by atoms with E-state index in [1.807, 2.05) is 38.1 Å². The molecule has 2 aromatic carbocycles. The Hall–Kier alpha value is -1.38. The third kappa shape index (κ3) is 3.34. The van der Waals surface area contributed by atoms with Crippen molar-refractivity contribution in [2.24, 2.45) is 0 Å². The summed E-state index contributed by atoms with van der Waals surface area (Å²) in [6.45, 7) is 4.37. The Morgan fingerprint density at radius 2 is 1.68 bits per heavy atom. The number of halogens is 2. The topological polar surface area (TPSA) is 35.2 Å². The highest BCUT2D eigenvalue weighted by atomic mass is 35.5. The largest absolute Gasteiger partial charge is 0.489 e.